The van der Waals surface area contributed by atoms with Crippen molar-refractivity contribution in [1.82, 2.24) is 9.47 Å². The van der Waals surface area contributed by atoms with Gasteiger partial charge in [-0.25, -0.2) is 0 Å². The van der Waals surface area contributed by atoms with Crippen LogP contribution in [0.4, 0.5) is 0 Å². The Morgan fingerprint density at radius 1 is 1.47 bits per heavy atom. The number of pyridine rings is 1. The van der Waals surface area contributed by atoms with E-state index in [2.05, 4.69) is 15.9 Å². The van der Waals surface area contributed by atoms with Crippen molar-refractivity contribution in [3.63, 3.8) is 0 Å². The van der Waals surface area contributed by atoms with E-state index in [4.69, 9.17) is 0 Å². The maximum Gasteiger partial charge on any atom is 0.250 e. The van der Waals surface area contributed by atoms with Crippen molar-refractivity contribution in [1.29, 1.82) is 0 Å². The van der Waals surface area contributed by atoms with E-state index in [1.54, 1.807) is 17.2 Å². The molecule has 1 fully saturated rings. The zero-order valence-electron chi connectivity index (χ0n) is 10.6. The van der Waals surface area contributed by atoms with Gasteiger partial charge in [0.2, 0.25) is 5.91 Å². The highest BCUT2D eigenvalue weighted by atomic mass is 79.9. The molecular formula is C13H17BrN2O3. The fourth-order valence-corrected chi connectivity index (χ4v) is 2.61. The smallest absolute Gasteiger partial charge is 0.250 e. The number of nitrogens with zero attached hydrogens (tertiary/aromatic N) is 2. The molecule has 5 nitrogen and oxygen atoms in total. The first-order valence-electron chi connectivity index (χ1n) is 6.38. The molecule has 1 aromatic rings. The molecule has 0 aliphatic carbocycles. The van der Waals surface area contributed by atoms with Crippen molar-refractivity contribution >= 4 is 21.8 Å². The standard InChI is InChI=1S/C13H17BrN2O3/c14-10-3-4-12(18)16(8-10)7-5-13(19)15-6-1-2-11(17)9-15/h3-4,8,11,17H,1-2,5-7,9H2/t11-/m1/s1. The van der Waals surface area contributed by atoms with E-state index in [0.29, 0.717) is 19.6 Å². The first kappa shape index (κ1) is 14.3. The van der Waals surface area contributed by atoms with Crippen LogP contribution in [0.1, 0.15) is 19.3 Å². The summed E-state index contributed by atoms with van der Waals surface area (Å²) in [7, 11) is 0. The van der Waals surface area contributed by atoms with Gasteiger partial charge in [0.1, 0.15) is 0 Å². The number of carbonyl (C=O) groups is 1. The number of aromatic nitrogens is 1. The van der Waals surface area contributed by atoms with Gasteiger partial charge in [0, 0.05) is 42.8 Å². The lowest BCUT2D eigenvalue weighted by molar-refractivity contribution is -0.134. The van der Waals surface area contributed by atoms with Gasteiger partial charge < -0.3 is 14.6 Å². The number of hydrogen-bond acceptors (Lipinski definition) is 3. The van der Waals surface area contributed by atoms with Crippen molar-refractivity contribution < 1.29 is 9.90 Å². The number of halogens is 1. The van der Waals surface area contributed by atoms with Gasteiger partial charge in [0.05, 0.1) is 6.10 Å². The third-order valence-corrected chi connectivity index (χ3v) is 3.73. The van der Waals surface area contributed by atoms with Crippen LogP contribution in [0.5, 0.6) is 0 Å². The van der Waals surface area contributed by atoms with E-state index in [9.17, 15) is 14.7 Å². The Balaban J connectivity index is 1.93. The molecule has 0 bridgehead atoms. The SMILES string of the molecule is O=C(CCn1cc(Br)ccc1=O)N1CCC[C@@H](O)C1. The van der Waals surface area contributed by atoms with Gasteiger partial charge in [0.15, 0.2) is 0 Å². The molecule has 1 aliphatic heterocycles. The second-order valence-corrected chi connectivity index (χ2v) is 5.68. The lowest BCUT2D eigenvalue weighted by Crippen LogP contribution is -2.42. The van der Waals surface area contributed by atoms with Gasteiger partial charge in [-0.1, -0.05) is 0 Å². The summed E-state index contributed by atoms with van der Waals surface area (Å²) in [6.45, 7) is 1.47. The van der Waals surface area contributed by atoms with Crippen molar-refractivity contribution in [2.75, 3.05) is 13.1 Å². The molecule has 0 radical (unpaired) electrons. The van der Waals surface area contributed by atoms with Crippen molar-refractivity contribution in [2.24, 2.45) is 0 Å². The van der Waals surface area contributed by atoms with Gasteiger partial charge in [-0.15, -0.1) is 0 Å². The van der Waals surface area contributed by atoms with Crippen LogP contribution in [-0.2, 0) is 11.3 Å². The number of carbonyl (C=O) groups excluding carboxylic acids is 1. The number of piperidine rings is 1. The van der Waals surface area contributed by atoms with Gasteiger partial charge in [0.25, 0.3) is 5.56 Å². The molecule has 1 aliphatic rings. The van der Waals surface area contributed by atoms with E-state index in [1.807, 2.05) is 0 Å². The minimum Gasteiger partial charge on any atom is -0.391 e. The van der Waals surface area contributed by atoms with E-state index in [0.717, 1.165) is 17.3 Å². The highest BCUT2D eigenvalue weighted by molar-refractivity contribution is 9.10. The molecule has 2 heterocycles. The molecule has 6 heteroatoms. The van der Waals surface area contributed by atoms with Gasteiger partial charge >= 0.3 is 0 Å². The highest BCUT2D eigenvalue weighted by Crippen LogP contribution is 2.11. The second-order valence-electron chi connectivity index (χ2n) is 4.76. The van der Waals surface area contributed by atoms with Crippen molar-refractivity contribution in [2.45, 2.75) is 31.9 Å². The summed E-state index contributed by atoms with van der Waals surface area (Å²) in [5.41, 5.74) is -0.116. The normalized spacial score (nSPS) is 19.5. The number of β-amino-alcohol motifs (C(OH)–C–C–N with tert-alkyl or cyclic N) is 1. The Labute approximate surface area is 120 Å². The summed E-state index contributed by atoms with van der Waals surface area (Å²) in [5.74, 6) is -0.00868. The van der Waals surface area contributed by atoms with Crippen molar-refractivity contribution in [3.05, 3.63) is 33.2 Å². The molecule has 1 amide bonds. The maximum atomic E-state index is 12.0. The molecule has 19 heavy (non-hydrogen) atoms. The minimum absolute atomic E-state index is 0.00868. The third-order valence-electron chi connectivity index (χ3n) is 3.26. The Morgan fingerprint density at radius 2 is 2.26 bits per heavy atom. The number of rotatable bonds is 3. The molecular weight excluding hydrogens is 312 g/mol. The van der Waals surface area contributed by atoms with Gasteiger partial charge in [-0.3, -0.25) is 9.59 Å². The number of hydrogen-bond donors (Lipinski definition) is 1. The zero-order chi connectivity index (χ0) is 13.8. The number of aliphatic hydroxyl groups is 1. The Hall–Kier alpha value is -1.14. The first-order chi connectivity index (χ1) is 9.06. The van der Waals surface area contributed by atoms with Crippen LogP contribution in [-0.4, -0.2) is 39.7 Å². The molecule has 1 N–H and O–H groups in total. The fourth-order valence-electron chi connectivity index (χ4n) is 2.23. The average Bonchev–Trinajstić information content (AvgIpc) is 2.39. The summed E-state index contributed by atoms with van der Waals surface area (Å²) < 4.78 is 2.33. The Kier molecular flexibility index (Phi) is 4.76. The van der Waals surface area contributed by atoms with Crippen LogP contribution in [0.15, 0.2) is 27.6 Å². The lowest BCUT2D eigenvalue weighted by Gasteiger charge is -2.30. The lowest BCUT2D eigenvalue weighted by atomic mass is 10.1. The third kappa shape index (κ3) is 3.91. The van der Waals surface area contributed by atoms with E-state index < -0.39 is 6.10 Å². The molecule has 0 aromatic carbocycles. The number of amides is 1. The van der Waals surface area contributed by atoms with Crippen LogP contribution >= 0.6 is 15.9 Å². The number of aryl methyl sites for hydroxylation is 1. The molecule has 1 aromatic heterocycles. The monoisotopic (exact) mass is 328 g/mol. The first-order valence-corrected chi connectivity index (χ1v) is 7.17. The minimum atomic E-state index is -0.411. The van der Waals surface area contributed by atoms with Crippen LogP contribution in [0.3, 0.4) is 0 Å². The van der Waals surface area contributed by atoms with Crippen LogP contribution in [0, 0.1) is 0 Å². The predicted molar refractivity (Wildman–Crippen MR) is 74.8 cm³/mol. The van der Waals surface area contributed by atoms with Crippen molar-refractivity contribution in [3.8, 4) is 0 Å². The Bertz CT molecular complexity index is 515. The van der Waals surface area contributed by atoms with E-state index in [1.165, 1.54) is 10.6 Å². The summed E-state index contributed by atoms with van der Waals surface area (Å²) in [4.78, 5) is 25.3. The Morgan fingerprint density at radius 3 is 3.00 bits per heavy atom. The molecule has 104 valence electrons. The molecule has 2 rings (SSSR count). The molecule has 1 atom stereocenters. The number of likely N-dealkylation sites (tertiary alicyclic amines) is 1. The predicted octanol–water partition coefficient (Wildman–Crippen LogP) is 0.984. The molecule has 0 saturated carbocycles. The van der Waals surface area contributed by atoms with Crippen LogP contribution < -0.4 is 5.56 Å². The second kappa shape index (κ2) is 6.34. The van der Waals surface area contributed by atoms with E-state index >= 15 is 0 Å². The summed E-state index contributed by atoms with van der Waals surface area (Å²) >= 11 is 3.30. The fraction of sp³-hybridized carbons (Fsp3) is 0.538. The summed E-state index contributed by atoms with van der Waals surface area (Å²) in [6.07, 6.45) is 3.15. The van der Waals surface area contributed by atoms with Gasteiger partial charge in [-0.2, -0.15) is 0 Å². The summed E-state index contributed by atoms with van der Waals surface area (Å²) in [6, 6.07) is 3.15. The van der Waals surface area contributed by atoms with Crippen LogP contribution in [0.2, 0.25) is 0 Å². The van der Waals surface area contributed by atoms with Gasteiger partial charge in [-0.05, 0) is 34.8 Å². The number of aliphatic hydroxyl groups excluding tert-OH is 1. The quantitative estimate of drug-likeness (QED) is 0.899. The largest absolute Gasteiger partial charge is 0.391 e. The maximum absolute atomic E-state index is 12.0. The molecule has 1 saturated heterocycles. The zero-order valence-corrected chi connectivity index (χ0v) is 12.2. The molecule has 0 spiro atoms. The molecule has 0 unspecified atom stereocenters. The average molecular weight is 329 g/mol. The van der Waals surface area contributed by atoms with Crippen LogP contribution in [0.25, 0.3) is 0 Å². The highest BCUT2D eigenvalue weighted by Gasteiger charge is 2.21. The van der Waals surface area contributed by atoms with E-state index in [-0.39, 0.29) is 17.9 Å². The topological polar surface area (TPSA) is 62.5 Å². The summed E-state index contributed by atoms with van der Waals surface area (Å²) in [5, 5.41) is 9.54.